The van der Waals surface area contributed by atoms with E-state index in [4.69, 9.17) is 4.74 Å². The number of carbonyl (C=O) groups is 2. The van der Waals surface area contributed by atoms with E-state index in [-0.39, 0.29) is 4.90 Å². The molecule has 0 bridgehead atoms. The number of carbonyl (C=O) groups excluding carboxylic acids is 2. The van der Waals surface area contributed by atoms with Gasteiger partial charge >= 0.3 is 12.1 Å². The number of methoxy groups -OCH3 is 1. The van der Waals surface area contributed by atoms with Crippen LogP contribution in [0.5, 0.6) is 0 Å². The Morgan fingerprint density at radius 1 is 1.13 bits per heavy atom. The zero-order valence-corrected chi connectivity index (χ0v) is 14.2. The van der Waals surface area contributed by atoms with Crippen molar-refractivity contribution >= 4 is 27.8 Å². The number of nitrogens with one attached hydrogen (secondary N) is 2. The first-order valence-electron chi connectivity index (χ1n) is 6.70. The van der Waals surface area contributed by atoms with Crippen molar-refractivity contribution in [2.45, 2.75) is 31.3 Å². The van der Waals surface area contributed by atoms with E-state index in [1.807, 2.05) is 0 Å². The lowest BCUT2D eigenvalue weighted by molar-refractivity contribution is -0.139. The number of rotatable bonds is 5. The summed E-state index contributed by atoms with van der Waals surface area (Å²) in [5, 5.41) is 2.49. The number of amides is 1. The molecule has 0 unspecified atom stereocenters. The van der Waals surface area contributed by atoms with E-state index in [1.54, 1.807) is 20.8 Å². The Hall–Kier alpha value is -2.13. The molecule has 0 spiro atoms. The van der Waals surface area contributed by atoms with Crippen LogP contribution < -0.4 is 10.0 Å². The Bertz CT molecular complexity index is 662. The van der Waals surface area contributed by atoms with Crippen LogP contribution >= 0.6 is 0 Å². The highest BCUT2D eigenvalue weighted by Crippen LogP contribution is 2.15. The van der Waals surface area contributed by atoms with Crippen LogP contribution in [0.2, 0.25) is 0 Å². The molecule has 1 amide bonds. The van der Waals surface area contributed by atoms with Gasteiger partial charge in [-0.1, -0.05) is 0 Å². The Morgan fingerprint density at radius 3 is 2.17 bits per heavy atom. The fraction of sp³-hybridized carbons (Fsp3) is 0.429. The summed E-state index contributed by atoms with van der Waals surface area (Å²) in [5.74, 6) is -0.697. The van der Waals surface area contributed by atoms with Gasteiger partial charge in [-0.15, -0.1) is 0 Å². The Morgan fingerprint density at radius 2 is 1.70 bits per heavy atom. The van der Waals surface area contributed by atoms with Crippen molar-refractivity contribution in [1.29, 1.82) is 0 Å². The third-order valence-electron chi connectivity index (χ3n) is 2.44. The lowest BCUT2D eigenvalue weighted by Gasteiger charge is -2.19. The van der Waals surface area contributed by atoms with Crippen molar-refractivity contribution in [3.63, 3.8) is 0 Å². The van der Waals surface area contributed by atoms with E-state index >= 15 is 0 Å². The lowest BCUT2D eigenvalue weighted by atomic mass is 10.2. The number of hydrogen-bond acceptors (Lipinski definition) is 6. The molecule has 0 atom stereocenters. The third-order valence-corrected chi connectivity index (χ3v) is 3.86. The predicted molar refractivity (Wildman–Crippen MR) is 83.5 cm³/mol. The highest BCUT2D eigenvalue weighted by atomic mass is 32.2. The maximum Gasteiger partial charge on any atom is 0.412 e. The monoisotopic (exact) mass is 344 g/mol. The highest BCUT2D eigenvalue weighted by molar-refractivity contribution is 7.89. The van der Waals surface area contributed by atoms with E-state index in [9.17, 15) is 18.0 Å². The average Bonchev–Trinajstić information content (AvgIpc) is 2.43. The van der Waals surface area contributed by atoms with Crippen LogP contribution in [-0.4, -0.2) is 39.7 Å². The largest absolute Gasteiger partial charge is 0.468 e. The van der Waals surface area contributed by atoms with E-state index in [0.717, 1.165) is 7.11 Å². The molecule has 0 aliphatic carbocycles. The first-order chi connectivity index (χ1) is 10.5. The number of sulfonamides is 1. The molecule has 23 heavy (non-hydrogen) atoms. The molecule has 0 heterocycles. The molecule has 1 aromatic carbocycles. The molecule has 128 valence electrons. The molecule has 0 saturated carbocycles. The van der Waals surface area contributed by atoms with Crippen LogP contribution in [0, 0.1) is 0 Å². The molecule has 0 fully saturated rings. The van der Waals surface area contributed by atoms with Crippen molar-refractivity contribution in [1.82, 2.24) is 4.72 Å². The number of benzene rings is 1. The Labute approximate surface area is 135 Å². The van der Waals surface area contributed by atoms with Crippen LogP contribution in [0.3, 0.4) is 0 Å². The summed E-state index contributed by atoms with van der Waals surface area (Å²) in [6.45, 7) is 4.73. The molecule has 9 heteroatoms. The van der Waals surface area contributed by atoms with Crippen LogP contribution in [-0.2, 0) is 24.3 Å². The molecule has 2 N–H and O–H groups in total. The van der Waals surface area contributed by atoms with Crippen molar-refractivity contribution in [3.8, 4) is 0 Å². The van der Waals surface area contributed by atoms with Gasteiger partial charge in [-0.05, 0) is 45.0 Å². The van der Waals surface area contributed by atoms with Gasteiger partial charge in [0.1, 0.15) is 12.1 Å². The van der Waals surface area contributed by atoms with Crippen molar-refractivity contribution in [3.05, 3.63) is 24.3 Å². The average molecular weight is 344 g/mol. The van der Waals surface area contributed by atoms with E-state index in [2.05, 4.69) is 14.8 Å². The summed E-state index contributed by atoms with van der Waals surface area (Å²) in [6.07, 6.45) is -0.642. The topological polar surface area (TPSA) is 111 Å². The highest BCUT2D eigenvalue weighted by Gasteiger charge is 2.18. The van der Waals surface area contributed by atoms with Crippen LogP contribution in [0.15, 0.2) is 29.2 Å². The molecular formula is C14H20N2O6S. The molecular weight excluding hydrogens is 324 g/mol. The van der Waals surface area contributed by atoms with Crippen molar-refractivity contribution in [2.24, 2.45) is 0 Å². The second-order valence-electron chi connectivity index (χ2n) is 5.55. The number of anilines is 1. The van der Waals surface area contributed by atoms with Gasteiger partial charge < -0.3 is 9.47 Å². The van der Waals surface area contributed by atoms with E-state index < -0.39 is 34.2 Å². The first-order valence-corrected chi connectivity index (χ1v) is 8.18. The molecule has 0 aromatic heterocycles. The van der Waals surface area contributed by atoms with Crippen LogP contribution in [0.25, 0.3) is 0 Å². The number of ether oxygens (including phenoxy) is 2. The van der Waals surface area contributed by atoms with Crippen molar-refractivity contribution in [2.75, 3.05) is 19.0 Å². The predicted octanol–water partition coefficient (Wildman–Crippen LogP) is 1.48. The Kier molecular flexibility index (Phi) is 6.11. The maximum absolute atomic E-state index is 11.9. The SMILES string of the molecule is COC(=O)CNS(=O)(=O)c1ccc(NC(=O)OC(C)(C)C)cc1. The molecule has 0 aliphatic rings. The second-order valence-corrected chi connectivity index (χ2v) is 7.32. The smallest absolute Gasteiger partial charge is 0.412 e. The molecule has 1 aromatic rings. The van der Waals surface area contributed by atoms with Crippen LogP contribution in [0.4, 0.5) is 10.5 Å². The van der Waals surface area contributed by atoms with Gasteiger partial charge in [-0.3, -0.25) is 10.1 Å². The minimum absolute atomic E-state index is 0.0452. The quantitative estimate of drug-likeness (QED) is 0.783. The lowest BCUT2D eigenvalue weighted by Crippen LogP contribution is -2.30. The summed E-state index contributed by atoms with van der Waals surface area (Å²) in [6, 6.07) is 5.42. The summed E-state index contributed by atoms with van der Waals surface area (Å²) in [4.78, 5) is 22.5. The van der Waals surface area contributed by atoms with Gasteiger partial charge in [0, 0.05) is 5.69 Å². The van der Waals surface area contributed by atoms with E-state index in [1.165, 1.54) is 24.3 Å². The summed E-state index contributed by atoms with van der Waals surface area (Å²) >= 11 is 0. The summed E-state index contributed by atoms with van der Waals surface area (Å²) in [7, 11) is -2.67. The van der Waals surface area contributed by atoms with Gasteiger partial charge in [0.2, 0.25) is 10.0 Å². The van der Waals surface area contributed by atoms with Gasteiger partial charge in [-0.2, -0.15) is 4.72 Å². The molecule has 0 aliphatic heterocycles. The van der Waals surface area contributed by atoms with Gasteiger partial charge in [0.25, 0.3) is 0 Å². The van der Waals surface area contributed by atoms with Gasteiger partial charge in [0.15, 0.2) is 0 Å². The molecule has 0 radical (unpaired) electrons. The normalized spacial score (nSPS) is 11.7. The third kappa shape index (κ3) is 6.66. The fourth-order valence-corrected chi connectivity index (χ4v) is 2.42. The van der Waals surface area contributed by atoms with Crippen LogP contribution in [0.1, 0.15) is 20.8 Å². The fourth-order valence-electron chi connectivity index (χ4n) is 1.45. The molecule has 0 saturated heterocycles. The summed E-state index contributed by atoms with van der Waals surface area (Å²) < 4.78 is 35.4. The zero-order chi connectivity index (χ0) is 17.7. The Balaban J connectivity index is 2.72. The first kappa shape index (κ1) is 18.9. The standard InChI is InChI=1S/C14H20N2O6S/c1-14(2,3)22-13(18)16-10-5-7-11(8-6-10)23(19,20)15-9-12(17)21-4/h5-8,15H,9H2,1-4H3,(H,16,18). The minimum atomic E-state index is -3.83. The van der Waals surface area contributed by atoms with E-state index in [0.29, 0.717) is 5.69 Å². The molecule has 1 rings (SSSR count). The second kappa shape index (κ2) is 7.42. The summed E-state index contributed by atoms with van der Waals surface area (Å²) in [5.41, 5.74) is -0.253. The number of esters is 1. The molecule has 8 nitrogen and oxygen atoms in total. The van der Waals surface area contributed by atoms with Gasteiger partial charge in [-0.25, -0.2) is 13.2 Å². The van der Waals surface area contributed by atoms with Crippen molar-refractivity contribution < 1.29 is 27.5 Å². The minimum Gasteiger partial charge on any atom is -0.468 e. The van der Waals surface area contributed by atoms with Gasteiger partial charge in [0.05, 0.1) is 12.0 Å². The zero-order valence-electron chi connectivity index (χ0n) is 13.4. The number of hydrogen-bond donors (Lipinski definition) is 2. The maximum atomic E-state index is 11.9.